The summed E-state index contributed by atoms with van der Waals surface area (Å²) in [6.45, 7) is 6.26. The minimum absolute atomic E-state index is 0.144. The third-order valence-corrected chi connectivity index (χ3v) is 3.77. The zero-order valence-corrected chi connectivity index (χ0v) is 15.9. The molecule has 0 amide bonds. The number of aliphatic imine (C=N–C) groups is 1. The standard InChI is InChI=1S/C19H31N3O3/c1-5-20-19(21-12-8-6-7-9-18(23)25-4)22-14-16-11-10-15(2)13-17(16)24-3/h10-11,13H,5-9,12,14H2,1-4H3,(H2,20,21,22). The Labute approximate surface area is 151 Å². The van der Waals surface area contributed by atoms with Crippen LogP contribution in [0.4, 0.5) is 0 Å². The van der Waals surface area contributed by atoms with E-state index in [0.29, 0.717) is 13.0 Å². The second kappa shape index (κ2) is 12.2. The van der Waals surface area contributed by atoms with Crippen LogP contribution in [0.2, 0.25) is 0 Å². The van der Waals surface area contributed by atoms with Crippen LogP contribution in [0.1, 0.15) is 43.7 Å². The number of benzene rings is 1. The summed E-state index contributed by atoms with van der Waals surface area (Å²) in [5, 5.41) is 6.57. The van der Waals surface area contributed by atoms with E-state index in [0.717, 1.165) is 49.6 Å². The molecule has 0 aliphatic rings. The van der Waals surface area contributed by atoms with Crippen molar-refractivity contribution in [3.8, 4) is 5.75 Å². The average Bonchev–Trinajstić information content (AvgIpc) is 2.62. The highest BCUT2D eigenvalue weighted by atomic mass is 16.5. The second-order valence-electron chi connectivity index (χ2n) is 5.82. The Hall–Kier alpha value is -2.24. The molecule has 0 aliphatic carbocycles. The summed E-state index contributed by atoms with van der Waals surface area (Å²) in [5.41, 5.74) is 2.23. The van der Waals surface area contributed by atoms with Crippen LogP contribution in [0.3, 0.4) is 0 Å². The summed E-state index contributed by atoms with van der Waals surface area (Å²) in [7, 11) is 3.10. The molecule has 2 N–H and O–H groups in total. The van der Waals surface area contributed by atoms with E-state index in [1.807, 2.05) is 26.0 Å². The molecule has 0 saturated carbocycles. The number of ether oxygens (including phenoxy) is 2. The van der Waals surface area contributed by atoms with E-state index in [9.17, 15) is 4.79 Å². The van der Waals surface area contributed by atoms with Gasteiger partial charge in [0, 0.05) is 25.1 Å². The number of esters is 1. The van der Waals surface area contributed by atoms with Crippen molar-refractivity contribution in [3.05, 3.63) is 29.3 Å². The Morgan fingerprint density at radius 3 is 2.64 bits per heavy atom. The zero-order valence-electron chi connectivity index (χ0n) is 15.9. The molecule has 6 nitrogen and oxygen atoms in total. The molecule has 140 valence electrons. The molecule has 0 saturated heterocycles. The van der Waals surface area contributed by atoms with Gasteiger partial charge in [-0.15, -0.1) is 0 Å². The van der Waals surface area contributed by atoms with E-state index in [-0.39, 0.29) is 5.97 Å². The fourth-order valence-corrected chi connectivity index (χ4v) is 2.37. The number of aryl methyl sites for hydroxylation is 1. The lowest BCUT2D eigenvalue weighted by molar-refractivity contribution is -0.140. The summed E-state index contributed by atoms with van der Waals surface area (Å²) in [4.78, 5) is 15.7. The fraction of sp³-hybridized carbons (Fsp3) is 0.579. The van der Waals surface area contributed by atoms with Crippen molar-refractivity contribution >= 4 is 11.9 Å². The Morgan fingerprint density at radius 2 is 1.96 bits per heavy atom. The third kappa shape index (κ3) is 8.42. The molecule has 0 unspecified atom stereocenters. The van der Waals surface area contributed by atoms with Crippen molar-refractivity contribution in [2.24, 2.45) is 4.99 Å². The van der Waals surface area contributed by atoms with Gasteiger partial charge in [0.25, 0.3) is 0 Å². The van der Waals surface area contributed by atoms with Crippen LogP contribution in [0.5, 0.6) is 5.75 Å². The first-order chi connectivity index (χ1) is 12.1. The van der Waals surface area contributed by atoms with Crippen LogP contribution < -0.4 is 15.4 Å². The van der Waals surface area contributed by atoms with Crippen LogP contribution in [0, 0.1) is 6.92 Å². The maximum absolute atomic E-state index is 11.1. The lowest BCUT2D eigenvalue weighted by Gasteiger charge is -2.12. The molecule has 1 rings (SSSR count). The molecule has 0 bridgehead atoms. The fourth-order valence-electron chi connectivity index (χ4n) is 2.37. The first-order valence-electron chi connectivity index (χ1n) is 8.83. The number of carbonyl (C=O) groups excluding carboxylic acids is 1. The van der Waals surface area contributed by atoms with Crippen LogP contribution >= 0.6 is 0 Å². The van der Waals surface area contributed by atoms with Gasteiger partial charge in [0.15, 0.2) is 5.96 Å². The number of unbranched alkanes of at least 4 members (excludes halogenated alkanes) is 2. The summed E-state index contributed by atoms with van der Waals surface area (Å²) in [6, 6.07) is 6.13. The lowest BCUT2D eigenvalue weighted by Crippen LogP contribution is -2.37. The van der Waals surface area contributed by atoms with Crippen LogP contribution in [-0.4, -0.2) is 39.2 Å². The minimum atomic E-state index is -0.144. The van der Waals surface area contributed by atoms with E-state index in [4.69, 9.17) is 4.74 Å². The molecule has 0 radical (unpaired) electrons. The van der Waals surface area contributed by atoms with Crippen LogP contribution in [0.25, 0.3) is 0 Å². The van der Waals surface area contributed by atoms with E-state index >= 15 is 0 Å². The van der Waals surface area contributed by atoms with Gasteiger partial charge in [-0.05, 0) is 38.3 Å². The highest BCUT2D eigenvalue weighted by Gasteiger charge is 2.04. The van der Waals surface area contributed by atoms with Crippen molar-refractivity contribution in [3.63, 3.8) is 0 Å². The topological polar surface area (TPSA) is 72.0 Å². The number of nitrogens with zero attached hydrogens (tertiary/aromatic N) is 1. The number of rotatable bonds is 10. The number of guanidine groups is 1. The predicted molar refractivity (Wildman–Crippen MR) is 101 cm³/mol. The van der Waals surface area contributed by atoms with Gasteiger partial charge < -0.3 is 20.1 Å². The van der Waals surface area contributed by atoms with Gasteiger partial charge in [0.05, 0.1) is 20.8 Å². The lowest BCUT2D eigenvalue weighted by atomic mass is 10.1. The molecule has 0 heterocycles. The van der Waals surface area contributed by atoms with Gasteiger partial charge in [0.2, 0.25) is 0 Å². The van der Waals surface area contributed by atoms with E-state index in [1.54, 1.807) is 7.11 Å². The molecule has 1 aromatic carbocycles. The quantitative estimate of drug-likeness (QED) is 0.294. The largest absolute Gasteiger partial charge is 0.496 e. The maximum atomic E-state index is 11.1. The molecule has 0 atom stereocenters. The summed E-state index contributed by atoms with van der Waals surface area (Å²) in [6.07, 6.45) is 3.29. The monoisotopic (exact) mass is 349 g/mol. The van der Waals surface area contributed by atoms with Crippen molar-refractivity contribution in [1.29, 1.82) is 0 Å². The van der Waals surface area contributed by atoms with E-state index < -0.39 is 0 Å². The SMILES string of the molecule is CCNC(=NCc1ccc(C)cc1OC)NCCCCCC(=O)OC. The van der Waals surface area contributed by atoms with Gasteiger partial charge >= 0.3 is 5.97 Å². The minimum Gasteiger partial charge on any atom is -0.496 e. The van der Waals surface area contributed by atoms with Crippen molar-refractivity contribution < 1.29 is 14.3 Å². The van der Waals surface area contributed by atoms with Gasteiger partial charge in [-0.3, -0.25) is 4.79 Å². The smallest absolute Gasteiger partial charge is 0.305 e. The van der Waals surface area contributed by atoms with Crippen molar-refractivity contribution in [2.75, 3.05) is 27.3 Å². The molecule has 0 aromatic heterocycles. The predicted octanol–water partition coefficient (Wildman–Crippen LogP) is 2.79. The number of hydrogen-bond donors (Lipinski definition) is 2. The summed E-state index contributed by atoms with van der Waals surface area (Å²) >= 11 is 0. The summed E-state index contributed by atoms with van der Waals surface area (Å²) < 4.78 is 10.1. The molecule has 6 heteroatoms. The van der Waals surface area contributed by atoms with E-state index in [1.165, 1.54) is 12.7 Å². The first kappa shape index (κ1) is 20.8. The average molecular weight is 349 g/mol. The number of carbonyl (C=O) groups is 1. The first-order valence-corrected chi connectivity index (χ1v) is 8.83. The summed E-state index contributed by atoms with van der Waals surface area (Å²) in [5.74, 6) is 1.51. The maximum Gasteiger partial charge on any atom is 0.305 e. The normalized spacial score (nSPS) is 11.1. The Balaban J connectivity index is 2.45. The number of nitrogens with one attached hydrogen (secondary N) is 2. The molecule has 25 heavy (non-hydrogen) atoms. The molecule has 1 aromatic rings. The van der Waals surface area contributed by atoms with Gasteiger partial charge in [-0.1, -0.05) is 18.6 Å². The highest BCUT2D eigenvalue weighted by molar-refractivity contribution is 5.79. The molecular formula is C19H31N3O3. The number of hydrogen-bond acceptors (Lipinski definition) is 4. The van der Waals surface area contributed by atoms with Gasteiger partial charge in [0.1, 0.15) is 5.75 Å². The molecule has 0 fully saturated rings. The van der Waals surface area contributed by atoms with Crippen LogP contribution in [-0.2, 0) is 16.1 Å². The molecule has 0 aliphatic heterocycles. The third-order valence-electron chi connectivity index (χ3n) is 3.77. The van der Waals surface area contributed by atoms with Crippen LogP contribution in [0.15, 0.2) is 23.2 Å². The van der Waals surface area contributed by atoms with Gasteiger partial charge in [-0.2, -0.15) is 0 Å². The zero-order chi connectivity index (χ0) is 18.5. The Kier molecular flexibility index (Phi) is 10.1. The van der Waals surface area contributed by atoms with Crippen molar-refractivity contribution in [1.82, 2.24) is 10.6 Å². The van der Waals surface area contributed by atoms with Gasteiger partial charge in [-0.25, -0.2) is 4.99 Å². The van der Waals surface area contributed by atoms with E-state index in [2.05, 4.69) is 26.4 Å². The second-order valence-corrected chi connectivity index (χ2v) is 5.82. The highest BCUT2D eigenvalue weighted by Crippen LogP contribution is 2.20. The number of methoxy groups -OCH3 is 2. The van der Waals surface area contributed by atoms with Crippen molar-refractivity contribution in [2.45, 2.75) is 46.1 Å². The molecule has 0 spiro atoms. The Bertz CT molecular complexity index is 559. The molecular weight excluding hydrogens is 318 g/mol. The Morgan fingerprint density at radius 1 is 1.16 bits per heavy atom.